The molecule has 0 heterocycles. The van der Waals surface area contributed by atoms with Crippen LogP contribution in [0.3, 0.4) is 0 Å². The first kappa shape index (κ1) is 14.7. The highest BCUT2D eigenvalue weighted by molar-refractivity contribution is 7.85. The van der Waals surface area contributed by atoms with Gasteiger partial charge in [0.25, 0.3) is 0 Å². The second kappa shape index (κ2) is 7.85. The third-order valence-electron chi connectivity index (χ3n) is 2.86. The molecule has 0 saturated carbocycles. The fourth-order valence-corrected chi connectivity index (χ4v) is 2.95. The summed E-state index contributed by atoms with van der Waals surface area (Å²) in [4.78, 5) is 0.868. The molecule has 4 heteroatoms. The molecule has 0 aliphatic carbocycles. The SMILES string of the molecule is CCC(CCCS(=O)c1ccc(Cl)cc1)NC. The van der Waals surface area contributed by atoms with Gasteiger partial charge in [-0.3, -0.25) is 4.21 Å². The van der Waals surface area contributed by atoms with Gasteiger partial charge in [-0.2, -0.15) is 0 Å². The molecular weight excluding hydrogens is 254 g/mol. The summed E-state index contributed by atoms with van der Waals surface area (Å²) in [5.41, 5.74) is 0. The Morgan fingerprint density at radius 3 is 2.53 bits per heavy atom. The van der Waals surface area contributed by atoms with E-state index in [1.807, 2.05) is 19.2 Å². The lowest BCUT2D eigenvalue weighted by atomic mass is 10.1. The average Bonchev–Trinajstić information content (AvgIpc) is 2.35. The van der Waals surface area contributed by atoms with Gasteiger partial charge in [0, 0.05) is 21.7 Å². The third-order valence-corrected chi connectivity index (χ3v) is 4.57. The van der Waals surface area contributed by atoms with Gasteiger partial charge in [0.15, 0.2) is 0 Å². The van der Waals surface area contributed by atoms with E-state index in [4.69, 9.17) is 11.6 Å². The topological polar surface area (TPSA) is 29.1 Å². The molecule has 2 nitrogen and oxygen atoms in total. The summed E-state index contributed by atoms with van der Waals surface area (Å²) in [6.07, 6.45) is 3.17. The van der Waals surface area contributed by atoms with Crippen molar-refractivity contribution in [1.82, 2.24) is 5.32 Å². The molecule has 0 aliphatic rings. The molecule has 0 amide bonds. The van der Waals surface area contributed by atoms with Crippen LogP contribution in [0.1, 0.15) is 26.2 Å². The average molecular weight is 274 g/mol. The van der Waals surface area contributed by atoms with E-state index in [9.17, 15) is 4.21 Å². The predicted molar refractivity (Wildman–Crippen MR) is 75.1 cm³/mol. The molecule has 2 unspecified atom stereocenters. The van der Waals surface area contributed by atoms with Gasteiger partial charge in [-0.05, 0) is 50.6 Å². The van der Waals surface area contributed by atoms with Crippen LogP contribution >= 0.6 is 11.6 Å². The van der Waals surface area contributed by atoms with Crippen molar-refractivity contribution in [3.63, 3.8) is 0 Å². The van der Waals surface area contributed by atoms with Gasteiger partial charge in [-0.1, -0.05) is 18.5 Å². The van der Waals surface area contributed by atoms with E-state index in [1.54, 1.807) is 12.1 Å². The van der Waals surface area contributed by atoms with Gasteiger partial charge < -0.3 is 5.32 Å². The standard InChI is InChI=1S/C13H20ClNOS/c1-3-12(15-2)5-4-10-17(16)13-8-6-11(14)7-9-13/h6-9,12,15H,3-5,10H2,1-2H3. The molecule has 0 fully saturated rings. The maximum atomic E-state index is 12.0. The summed E-state index contributed by atoms with van der Waals surface area (Å²) in [6, 6.07) is 7.80. The minimum atomic E-state index is -0.898. The van der Waals surface area contributed by atoms with Crippen LogP contribution in [0.5, 0.6) is 0 Å². The molecule has 1 aromatic rings. The second-order valence-corrected chi connectivity index (χ2v) is 6.05. The first-order valence-electron chi connectivity index (χ1n) is 5.98. The summed E-state index contributed by atoms with van der Waals surface area (Å²) in [5, 5.41) is 3.94. The van der Waals surface area contributed by atoms with Crippen molar-refractivity contribution in [2.75, 3.05) is 12.8 Å². The monoisotopic (exact) mass is 273 g/mol. The van der Waals surface area contributed by atoms with Gasteiger partial charge in [-0.25, -0.2) is 0 Å². The van der Waals surface area contributed by atoms with E-state index >= 15 is 0 Å². The lowest BCUT2D eigenvalue weighted by molar-refractivity contribution is 0.503. The number of nitrogens with one attached hydrogen (secondary N) is 1. The second-order valence-electron chi connectivity index (χ2n) is 4.04. The van der Waals surface area contributed by atoms with Crippen molar-refractivity contribution in [3.05, 3.63) is 29.3 Å². The lowest BCUT2D eigenvalue weighted by Crippen LogP contribution is -2.24. The maximum absolute atomic E-state index is 12.0. The Kier molecular flexibility index (Phi) is 6.78. The Hall–Kier alpha value is -0.380. The number of rotatable bonds is 7. The quantitative estimate of drug-likeness (QED) is 0.826. The molecule has 0 spiro atoms. The van der Waals surface area contributed by atoms with Crippen molar-refractivity contribution < 1.29 is 4.21 Å². The highest BCUT2D eigenvalue weighted by Gasteiger charge is 2.06. The highest BCUT2D eigenvalue weighted by atomic mass is 35.5. The van der Waals surface area contributed by atoms with E-state index in [-0.39, 0.29) is 0 Å². The molecule has 1 N–H and O–H groups in total. The van der Waals surface area contributed by atoms with E-state index in [0.717, 1.165) is 29.9 Å². The number of benzene rings is 1. The molecule has 1 aromatic carbocycles. The van der Waals surface area contributed by atoms with Crippen molar-refractivity contribution in [3.8, 4) is 0 Å². The molecule has 0 saturated heterocycles. The molecule has 0 aromatic heterocycles. The van der Waals surface area contributed by atoms with Crippen LogP contribution in [-0.2, 0) is 10.8 Å². The van der Waals surface area contributed by atoms with Crippen LogP contribution in [0.15, 0.2) is 29.2 Å². The summed E-state index contributed by atoms with van der Waals surface area (Å²) < 4.78 is 12.0. The Labute approximate surface area is 111 Å². The third kappa shape index (κ3) is 5.19. The smallest absolute Gasteiger partial charge is 0.0529 e. The summed E-state index contributed by atoms with van der Waals surface area (Å²) >= 11 is 5.79. The largest absolute Gasteiger partial charge is 0.317 e. The zero-order valence-corrected chi connectivity index (χ0v) is 12.0. The molecule has 96 valence electrons. The van der Waals surface area contributed by atoms with Crippen LogP contribution in [0.2, 0.25) is 5.02 Å². The van der Waals surface area contributed by atoms with Gasteiger partial charge in [0.2, 0.25) is 0 Å². The molecule has 1 rings (SSSR count). The Morgan fingerprint density at radius 1 is 1.35 bits per heavy atom. The number of hydrogen-bond donors (Lipinski definition) is 1. The van der Waals surface area contributed by atoms with E-state index < -0.39 is 10.8 Å². The van der Waals surface area contributed by atoms with Gasteiger partial charge >= 0.3 is 0 Å². The molecular formula is C13H20ClNOS. The lowest BCUT2D eigenvalue weighted by Gasteiger charge is -2.12. The van der Waals surface area contributed by atoms with Gasteiger partial charge in [0.05, 0.1) is 10.8 Å². The van der Waals surface area contributed by atoms with Gasteiger partial charge in [-0.15, -0.1) is 0 Å². The summed E-state index contributed by atoms with van der Waals surface area (Å²) in [7, 11) is 1.08. The zero-order chi connectivity index (χ0) is 12.7. The first-order chi connectivity index (χ1) is 8.17. The van der Waals surface area contributed by atoms with Crippen molar-refractivity contribution in [1.29, 1.82) is 0 Å². The Balaban J connectivity index is 2.37. The predicted octanol–water partition coefficient (Wildman–Crippen LogP) is 3.23. The molecule has 0 aliphatic heterocycles. The highest BCUT2D eigenvalue weighted by Crippen LogP contribution is 2.14. The van der Waals surface area contributed by atoms with Crippen molar-refractivity contribution >= 4 is 22.4 Å². The molecule has 17 heavy (non-hydrogen) atoms. The van der Waals surface area contributed by atoms with Crippen LogP contribution in [0.25, 0.3) is 0 Å². The minimum Gasteiger partial charge on any atom is -0.317 e. The molecule has 0 bridgehead atoms. The molecule has 0 radical (unpaired) electrons. The van der Waals surface area contributed by atoms with Crippen LogP contribution < -0.4 is 5.32 Å². The summed E-state index contributed by atoms with van der Waals surface area (Å²) in [5.74, 6) is 0.722. The first-order valence-corrected chi connectivity index (χ1v) is 7.68. The van der Waals surface area contributed by atoms with E-state index in [0.29, 0.717) is 11.1 Å². The van der Waals surface area contributed by atoms with Gasteiger partial charge in [0.1, 0.15) is 0 Å². The number of hydrogen-bond acceptors (Lipinski definition) is 2. The van der Waals surface area contributed by atoms with Crippen molar-refractivity contribution in [2.24, 2.45) is 0 Å². The van der Waals surface area contributed by atoms with Crippen LogP contribution in [0.4, 0.5) is 0 Å². The molecule has 2 atom stereocenters. The van der Waals surface area contributed by atoms with E-state index in [1.165, 1.54) is 0 Å². The Bertz CT molecular complexity index is 349. The Morgan fingerprint density at radius 2 is 2.00 bits per heavy atom. The van der Waals surface area contributed by atoms with Crippen molar-refractivity contribution in [2.45, 2.75) is 37.1 Å². The number of halogens is 1. The normalized spacial score (nSPS) is 14.5. The zero-order valence-electron chi connectivity index (χ0n) is 10.4. The maximum Gasteiger partial charge on any atom is 0.0529 e. The van der Waals surface area contributed by atoms with Crippen LogP contribution in [0, 0.1) is 0 Å². The van der Waals surface area contributed by atoms with E-state index in [2.05, 4.69) is 12.2 Å². The summed E-state index contributed by atoms with van der Waals surface area (Å²) in [6.45, 7) is 2.16. The fraction of sp³-hybridized carbons (Fsp3) is 0.538. The van der Waals surface area contributed by atoms with Crippen LogP contribution in [-0.4, -0.2) is 23.1 Å². The minimum absolute atomic E-state index is 0.539. The fourth-order valence-electron chi connectivity index (χ4n) is 1.72.